The second-order valence-electron chi connectivity index (χ2n) is 4.22. The SMILES string of the molecule is CC1=CC(C)(C)C(C)(SN=O)C=C1. The predicted molar refractivity (Wildman–Crippen MR) is 58.5 cm³/mol. The molecule has 0 saturated heterocycles. The van der Waals surface area contributed by atoms with E-state index in [0.29, 0.717) is 0 Å². The Labute approximate surface area is 83.6 Å². The molecule has 0 spiro atoms. The standard InChI is InChI=1S/C10H15NOS/c1-8-5-6-10(4,13-11-12)9(2,3)7-8/h5-7H,1-4H3. The summed E-state index contributed by atoms with van der Waals surface area (Å²) in [6.45, 7) is 8.35. The monoisotopic (exact) mass is 197 g/mol. The zero-order valence-electron chi connectivity index (χ0n) is 8.50. The van der Waals surface area contributed by atoms with Crippen LogP contribution in [0.5, 0.6) is 0 Å². The van der Waals surface area contributed by atoms with Crippen LogP contribution in [0.4, 0.5) is 0 Å². The van der Waals surface area contributed by atoms with Crippen LogP contribution in [0.25, 0.3) is 0 Å². The summed E-state index contributed by atoms with van der Waals surface area (Å²) in [4.78, 5) is 10.3. The average molecular weight is 197 g/mol. The molecule has 1 unspecified atom stereocenters. The van der Waals surface area contributed by atoms with Gasteiger partial charge in [-0.15, -0.1) is 4.91 Å². The van der Waals surface area contributed by atoms with Crippen molar-refractivity contribution >= 4 is 11.9 Å². The molecule has 1 aliphatic rings. The number of nitrogens with zero attached hydrogens (tertiary/aromatic N) is 1. The van der Waals surface area contributed by atoms with Gasteiger partial charge in [-0.3, -0.25) is 0 Å². The maximum atomic E-state index is 10.3. The molecule has 0 radical (unpaired) electrons. The Kier molecular flexibility index (Phi) is 2.66. The van der Waals surface area contributed by atoms with Crippen LogP contribution in [0.2, 0.25) is 0 Å². The molecule has 0 aromatic carbocycles. The molecule has 2 nitrogen and oxygen atoms in total. The van der Waals surface area contributed by atoms with Crippen molar-refractivity contribution in [2.75, 3.05) is 0 Å². The molecule has 13 heavy (non-hydrogen) atoms. The first kappa shape index (κ1) is 10.5. The highest BCUT2D eigenvalue weighted by Crippen LogP contribution is 2.47. The summed E-state index contributed by atoms with van der Waals surface area (Å²) in [6, 6.07) is 0. The molecule has 0 N–H and O–H groups in total. The van der Waals surface area contributed by atoms with E-state index in [9.17, 15) is 4.91 Å². The lowest BCUT2D eigenvalue weighted by Crippen LogP contribution is -2.36. The predicted octanol–water partition coefficient (Wildman–Crippen LogP) is 3.70. The molecule has 0 saturated carbocycles. The van der Waals surface area contributed by atoms with Gasteiger partial charge < -0.3 is 0 Å². The van der Waals surface area contributed by atoms with Crippen molar-refractivity contribution < 1.29 is 0 Å². The van der Waals surface area contributed by atoms with Crippen molar-refractivity contribution in [3.05, 3.63) is 28.7 Å². The molecule has 72 valence electrons. The minimum Gasteiger partial charge on any atom is -0.137 e. The molecule has 0 amide bonds. The minimum absolute atomic E-state index is 0.0234. The van der Waals surface area contributed by atoms with Gasteiger partial charge in [0.1, 0.15) is 0 Å². The summed E-state index contributed by atoms with van der Waals surface area (Å²) in [5.41, 5.74) is 1.22. The molecule has 1 rings (SSSR count). The third-order valence-corrected chi connectivity index (χ3v) is 3.88. The number of hydrogen-bond donors (Lipinski definition) is 0. The molecule has 0 aliphatic heterocycles. The highest BCUT2D eigenvalue weighted by molar-refractivity contribution is 7.99. The van der Waals surface area contributed by atoms with Crippen molar-refractivity contribution in [1.29, 1.82) is 0 Å². The fraction of sp³-hybridized carbons (Fsp3) is 0.600. The van der Waals surface area contributed by atoms with Crippen molar-refractivity contribution in [2.24, 2.45) is 10.00 Å². The normalized spacial score (nSPS) is 31.2. The Hall–Kier alpha value is -0.570. The van der Waals surface area contributed by atoms with Crippen LogP contribution in [-0.2, 0) is 0 Å². The van der Waals surface area contributed by atoms with Gasteiger partial charge >= 0.3 is 0 Å². The summed E-state index contributed by atoms with van der Waals surface area (Å²) < 4.78 is 2.72. The van der Waals surface area contributed by atoms with Gasteiger partial charge in [0.15, 0.2) is 0 Å². The minimum atomic E-state index is -0.214. The van der Waals surface area contributed by atoms with Crippen molar-refractivity contribution in [1.82, 2.24) is 0 Å². The van der Waals surface area contributed by atoms with Crippen LogP contribution >= 0.6 is 11.9 Å². The Morgan fingerprint density at radius 2 is 2.00 bits per heavy atom. The Morgan fingerprint density at radius 3 is 2.46 bits per heavy atom. The lowest BCUT2D eigenvalue weighted by atomic mass is 9.75. The van der Waals surface area contributed by atoms with Crippen LogP contribution in [0.1, 0.15) is 27.7 Å². The van der Waals surface area contributed by atoms with E-state index in [0.717, 1.165) is 11.9 Å². The zero-order valence-corrected chi connectivity index (χ0v) is 9.31. The molecule has 1 aliphatic carbocycles. The van der Waals surface area contributed by atoms with Crippen molar-refractivity contribution in [3.63, 3.8) is 0 Å². The molecule has 0 heterocycles. The second-order valence-corrected chi connectivity index (χ2v) is 5.40. The largest absolute Gasteiger partial charge is 0.137 e. The maximum Gasteiger partial charge on any atom is 0.0651 e. The van der Waals surface area contributed by atoms with Gasteiger partial charge in [0.05, 0.1) is 4.75 Å². The van der Waals surface area contributed by atoms with E-state index in [1.165, 1.54) is 5.57 Å². The van der Waals surface area contributed by atoms with Crippen LogP contribution in [0, 0.1) is 10.3 Å². The number of allylic oxidation sites excluding steroid dienone is 3. The first-order valence-corrected chi connectivity index (χ1v) is 5.08. The summed E-state index contributed by atoms with van der Waals surface area (Å²) >= 11 is 1.10. The van der Waals surface area contributed by atoms with E-state index in [1.54, 1.807) is 0 Å². The third kappa shape index (κ3) is 1.85. The Bertz CT molecular complexity index is 281. The fourth-order valence-electron chi connectivity index (χ4n) is 1.49. The molecule has 0 aromatic rings. The van der Waals surface area contributed by atoms with Gasteiger partial charge in [0, 0.05) is 21.9 Å². The average Bonchev–Trinajstić information content (AvgIpc) is 1.98. The summed E-state index contributed by atoms with van der Waals surface area (Å²) in [7, 11) is 0. The number of rotatable bonds is 2. The van der Waals surface area contributed by atoms with E-state index in [4.69, 9.17) is 0 Å². The van der Waals surface area contributed by atoms with E-state index in [-0.39, 0.29) is 10.2 Å². The zero-order chi connectivity index (χ0) is 10.1. The summed E-state index contributed by atoms with van der Waals surface area (Å²) in [6.07, 6.45) is 6.29. The fourth-order valence-corrected chi connectivity index (χ4v) is 2.07. The lowest BCUT2D eigenvalue weighted by molar-refractivity contribution is 0.398. The van der Waals surface area contributed by atoms with E-state index >= 15 is 0 Å². The highest BCUT2D eigenvalue weighted by Gasteiger charge is 2.40. The highest BCUT2D eigenvalue weighted by atomic mass is 32.2. The molecule has 0 fully saturated rings. The van der Waals surface area contributed by atoms with Gasteiger partial charge in [-0.25, -0.2) is 0 Å². The van der Waals surface area contributed by atoms with Crippen LogP contribution in [0.15, 0.2) is 28.4 Å². The molecular weight excluding hydrogens is 182 g/mol. The van der Waals surface area contributed by atoms with Crippen molar-refractivity contribution in [3.8, 4) is 0 Å². The third-order valence-electron chi connectivity index (χ3n) is 2.76. The molecule has 1 atom stereocenters. The van der Waals surface area contributed by atoms with E-state index < -0.39 is 0 Å². The van der Waals surface area contributed by atoms with Crippen LogP contribution < -0.4 is 0 Å². The first-order valence-electron chi connectivity index (χ1n) is 4.31. The van der Waals surface area contributed by atoms with Gasteiger partial charge in [-0.2, -0.15) is 0 Å². The molecule has 0 aromatic heterocycles. The number of nitroso groups, excluding NO2 is 1. The molecule has 0 bridgehead atoms. The van der Waals surface area contributed by atoms with Crippen LogP contribution in [0.3, 0.4) is 0 Å². The number of hydrogen-bond acceptors (Lipinski definition) is 3. The van der Waals surface area contributed by atoms with Gasteiger partial charge in [-0.05, 0) is 13.8 Å². The molecular formula is C10H15NOS. The maximum absolute atomic E-state index is 10.3. The first-order chi connectivity index (χ1) is 5.91. The summed E-state index contributed by atoms with van der Waals surface area (Å²) in [5, 5.41) is 0. The van der Waals surface area contributed by atoms with Gasteiger partial charge in [-0.1, -0.05) is 37.6 Å². The molecule has 3 heteroatoms. The van der Waals surface area contributed by atoms with Gasteiger partial charge in [0.25, 0.3) is 0 Å². The lowest BCUT2D eigenvalue weighted by Gasteiger charge is -2.39. The van der Waals surface area contributed by atoms with E-state index in [2.05, 4.69) is 37.5 Å². The van der Waals surface area contributed by atoms with Gasteiger partial charge in [0.2, 0.25) is 0 Å². The Morgan fingerprint density at radius 1 is 1.38 bits per heavy atom. The topological polar surface area (TPSA) is 29.4 Å². The second kappa shape index (κ2) is 3.29. The van der Waals surface area contributed by atoms with Crippen LogP contribution in [-0.4, -0.2) is 4.75 Å². The summed E-state index contributed by atoms with van der Waals surface area (Å²) in [5.74, 6) is 0. The quantitative estimate of drug-likeness (QED) is 0.499. The Balaban J connectivity index is 3.02. The smallest absolute Gasteiger partial charge is 0.0651 e. The van der Waals surface area contributed by atoms with Crippen molar-refractivity contribution in [2.45, 2.75) is 32.4 Å². The van der Waals surface area contributed by atoms with E-state index in [1.807, 2.05) is 13.0 Å².